The van der Waals surface area contributed by atoms with Gasteiger partial charge in [0, 0.05) is 22.8 Å². The first kappa shape index (κ1) is 19.9. The molecule has 0 bridgehead atoms. The third-order valence-electron chi connectivity index (χ3n) is 4.97. The third-order valence-corrected chi connectivity index (χ3v) is 5.85. The summed E-state index contributed by atoms with van der Waals surface area (Å²) in [5, 5.41) is 5.17. The number of benzene rings is 3. The molecule has 1 heterocycles. The van der Waals surface area contributed by atoms with E-state index in [1.807, 2.05) is 72.1 Å². The Labute approximate surface area is 181 Å². The van der Waals surface area contributed by atoms with Crippen LogP contribution in [0.1, 0.15) is 16.5 Å². The molecule has 150 valence electrons. The van der Waals surface area contributed by atoms with E-state index >= 15 is 0 Å². The molecule has 4 heteroatoms. The van der Waals surface area contributed by atoms with Crippen LogP contribution >= 0.6 is 11.3 Å². The van der Waals surface area contributed by atoms with Crippen LogP contribution in [0.2, 0.25) is 0 Å². The standard InChI is InChI=1S/C26H24N2OS/c29-26(19-24-17-10-18-30-24)27-20-25(21-11-4-1-5-12-21)28(22-13-6-2-7-14-22)23-15-8-3-9-16-23/h1-18,25H,19-20H2,(H,27,29). The lowest BCUT2D eigenvalue weighted by molar-refractivity contribution is -0.120. The summed E-state index contributed by atoms with van der Waals surface area (Å²) in [6.45, 7) is 0.512. The first-order chi connectivity index (χ1) is 14.8. The van der Waals surface area contributed by atoms with Gasteiger partial charge in [0.15, 0.2) is 0 Å². The SMILES string of the molecule is O=C(Cc1cccs1)NCC(c1ccccc1)N(c1ccccc1)c1ccccc1. The highest BCUT2D eigenvalue weighted by Crippen LogP contribution is 2.34. The summed E-state index contributed by atoms with van der Waals surface area (Å²) >= 11 is 1.61. The van der Waals surface area contributed by atoms with E-state index in [-0.39, 0.29) is 11.9 Å². The molecule has 3 nitrogen and oxygen atoms in total. The molecule has 1 N–H and O–H groups in total. The molecular formula is C26H24N2OS. The number of amides is 1. The molecule has 0 spiro atoms. The second kappa shape index (κ2) is 9.90. The summed E-state index contributed by atoms with van der Waals surface area (Å²) in [6.07, 6.45) is 0.413. The average molecular weight is 413 g/mol. The number of carbonyl (C=O) groups excluding carboxylic acids is 1. The summed E-state index contributed by atoms with van der Waals surface area (Å²) in [4.78, 5) is 16.0. The highest BCUT2D eigenvalue weighted by molar-refractivity contribution is 7.10. The Hall–Kier alpha value is -3.37. The topological polar surface area (TPSA) is 32.3 Å². The predicted molar refractivity (Wildman–Crippen MR) is 125 cm³/mol. The first-order valence-corrected chi connectivity index (χ1v) is 10.9. The van der Waals surface area contributed by atoms with Gasteiger partial charge in [0.2, 0.25) is 5.91 Å². The Morgan fingerprint density at radius 2 is 1.33 bits per heavy atom. The van der Waals surface area contributed by atoms with Gasteiger partial charge in [-0.05, 0) is 41.3 Å². The van der Waals surface area contributed by atoms with Crippen LogP contribution in [-0.4, -0.2) is 12.5 Å². The minimum Gasteiger partial charge on any atom is -0.353 e. The highest BCUT2D eigenvalue weighted by atomic mass is 32.1. The average Bonchev–Trinajstić information content (AvgIpc) is 3.31. The number of nitrogens with zero attached hydrogens (tertiary/aromatic N) is 1. The van der Waals surface area contributed by atoms with Crippen LogP contribution < -0.4 is 10.2 Å². The van der Waals surface area contributed by atoms with E-state index in [9.17, 15) is 4.79 Å². The minimum atomic E-state index is -0.0386. The van der Waals surface area contributed by atoms with Gasteiger partial charge in [-0.2, -0.15) is 0 Å². The fraction of sp³-hybridized carbons (Fsp3) is 0.115. The molecule has 0 saturated heterocycles. The number of nitrogens with one attached hydrogen (secondary N) is 1. The van der Waals surface area contributed by atoms with Gasteiger partial charge in [0.1, 0.15) is 0 Å². The fourth-order valence-corrected chi connectivity index (χ4v) is 4.27. The predicted octanol–water partition coefficient (Wildman–Crippen LogP) is 5.99. The van der Waals surface area contributed by atoms with Crippen molar-refractivity contribution in [2.45, 2.75) is 12.5 Å². The van der Waals surface area contributed by atoms with Gasteiger partial charge in [0.25, 0.3) is 0 Å². The molecule has 4 rings (SSSR count). The van der Waals surface area contributed by atoms with Gasteiger partial charge < -0.3 is 10.2 Å². The van der Waals surface area contributed by atoms with Gasteiger partial charge >= 0.3 is 0 Å². The maximum atomic E-state index is 12.6. The third kappa shape index (κ3) is 4.97. The quantitative estimate of drug-likeness (QED) is 0.386. The largest absolute Gasteiger partial charge is 0.353 e. The zero-order valence-corrected chi connectivity index (χ0v) is 17.5. The van der Waals surface area contributed by atoms with E-state index in [4.69, 9.17) is 0 Å². The normalized spacial score (nSPS) is 11.6. The molecule has 1 aromatic heterocycles. The molecule has 1 atom stereocenters. The molecule has 4 aromatic rings. The van der Waals surface area contributed by atoms with E-state index in [0.29, 0.717) is 13.0 Å². The van der Waals surface area contributed by atoms with Crippen molar-refractivity contribution in [2.75, 3.05) is 11.4 Å². The number of para-hydroxylation sites is 2. The first-order valence-electron chi connectivity index (χ1n) is 10.0. The summed E-state index contributed by atoms with van der Waals surface area (Å²) in [5.74, 6) is 0.0412. The number of thiophene rings is 1. The number of rotatable bonds is 8. The minimum absolute atomic E-state index is 0.0386. The van der Waals surface area contributed by atoms with Crippen molar-refractivity contribution in [3.05, 3.63) is 119 Å². The summed E-state index contributed by atoms with van der Waals surface area (Å²) < 4.78 is 0. The molecule has 0 fully saturated rings. The second-order valence-corrected chi connectivity index (χ2v) is 8.06. The molecule has 0 radical (unpaired) electrons. The lowest BCUT2D eigenvalue weighted by Crippen LogP contribution is -2.36. The maximum Gasteiger partial charge on any atom is 0.225 e. The molecule has 0 aliphatic rings. The monoisotopic (exact) mass is 412 g/mol. The number of carbonyl (C=O) groups is 1. The van der Waals surface area contributed by atoms with E-state index in [1.54, 1.807) is 11.3 Å². The van der Waals surface area contributed by atoms with Crippen molar-refractivity contribution in [1.82, 2.24) is 5.32 Å². The van der Waals surface area contributed by atoms with Crippen LogP contribution in [0.5, 0.6) is 0 Å². The van der Waals surface area contributed by atoms with Crippen molar-refractivity contribution in [3.63, 3.8) is 0 Å². The van der Waals surface area contributed by atoms with E-state index < -0.39 is 0 Å². The van der Waals surface area contributed by atoms with Crippen LogP contribution in [0.3, 0.4) is 0 Å². The lowest BCUT2D eigenvalue weighted by Gasteiger charge is -2.34. The fourth-order valence-electron chi connectivity index (χ4n) is 3.56. The zero-order chi connectivity index (χ0) is 20.6. The Bertz CT molecular complexity index is 995. The highest BCUT2D eigenvalue weighted by Gasteiger charge is 2.23. The molecular weight excluding hydrogens is 388 g/mol. The summed E-state index contributed by atoms with van der Waals surface area (Å²) in [5.41, 5.74) is 3.33. The zero-order valence-electron chi connectivity index (χ0n) is 16.6. The smallest absolute Gasteiger partial charge is 0.225 e. The van der Waals surface area contributed by atoms with Crippen molar-refractivity contribution in [3.8, 4) is 0 Å². The van der Waals surface area contributed by atoms with Crippen molar-refractivity contribution >= 4 is 28.6 Å². The Morgan fingerprint density at radius 1 is 0.767 bits per heavy atom. The molecule has 30 heavy (non-hydrogen) atoms. The summed E-state index contributed by atoms with van der Waals surface area (Å²) in [6, 6.07) is 34.9. The van der Waals surface area contributed by atoms with Crippen LogP contribution in [0, 0.1) is 0 Å². The number of anilines is 2. The molecule has 1 unspecified atom stereocenters. The number of hydrogen-bond acceptors (Lipinski definition) is 3. The van der Waals surface area contributed by atoms with Crippen molar-refractivity contribution < 1.29 is 4.79 Å². The number of hydrogen-bond donors (Lipinski definition) is 1. The van der Waals surface area contributed by atoms with Gasteiger partial charge in [-0.15, -0.1) is 11.3 Å². The molecule has 0 aliphatic heterocycles. The summed E-state index contributed by atoms with van der Waals surface area (Å²) in [7, 11) is 0. The van der Waals surface area contributed by atoms with Gasteiger partial charge in [-0.1, -0.05) is 72.8 Å². The van der Waals surface area contributed by atoms with Crippen LogP contribution in [0.15, 0.2) is 109 Å². The molecule has 1 amide bonds. The van der Waals surface area contributed by atoms with E-state index in [2.05, 4.69) is 46.6 Å². The van der Waals surface area contributed by atoms with Crippen LogP contribution in [-0.2, 0) is 11.2 Å². The maximum absolute atomic E-state index is 12.6. The molecule has 0 aliphatic carbocycles. The second-order valence-electron chi connectivity index (χ2n) is 7.03. The lowest BCUT2D eigenvalue weighted by atomic mass is 10.0. The molecule has 3 aromatic carbocycles. The molecule has 0 saturated carbocycles. The van der Waals surface area contributed by atoms with Crippen molar-refractivity contribution in [1.29, 1.82) is 0 Å². The van der Waals surface area contributed by atoms with Crippen LogP contribution in [0.25, 0.3) is 0 Å². The van der Waals surface area contributed by atoms with Gasteiger partial charge in [-0.3, -0.25) is 4.79 Å². The Kier molecular flexibility index (Phi) is 6.58. The van der Waals surface area contributed by atoms with E-state index in [1.165, 1.54) is 0 Å². The van der Waals surface area contributed by atoms with Crippen LogP contribution in [0.4, 0.5) is 11.4 Å². The van der Waals surface area contributed by atoms with Gasteiger partial charge in [0.05, 0.1) is 12.5 Å². The van der Waals surface area contributed by atoms with Gasteiger partial charge in [-0.25, -0.2) is 0 Å². The Balaban J connectivity index is 1.65. The van der Waals surface area contributed by atoms with E-state index in [0.717, 1.165) is 21.8 Å². The van der Waals surface area contributed by atoms with Crippen molar-refractivity contribution in [2.24, 2.45) is 0 Å². The Morgan fingerprint density at radius 3 is 1.87 bits per heavy atom.